The predicted octanol–water partition coefficient (Wildman–Crippen LogP) is 0.946. The first-order chi connectivity index (χ1) is 12.3. The van der Waals surface area contributed by atoms with Gasteiger partial charge in [-0.05, 0) is 43.4 Å². The van der Waals surface area contributed by atoms with Crippen molar-refractivity contribution in [1.29, 1.82) is 0 Å². The van der Waals surface area contributed by atoms with Gasteiger partial charge in [0.05, 0.1) is 12.7 Å². The Balaban J connectivity index is 1.59. The smallest absolute Gasteiger partial charge is 0.111 e. The van der Waals surface area contributed by atoms with Crippen LogP contribution in [0, 0.1) is 11.3 Å². The fraction of sp³-hybridized carbons (Fsp3) is 1.00. The van der Waals surface area contributed by atoms with E-state index in [9.17, 15) is 20.4 Å². The van der Waals surface area contributed by atoms with E-state index in [4.69, 9.17) is 4.74 Å². The van der Waals surface area contributed by atoms with Crippen LogP contribution in [0.1, 0.15) is 65.2 Å². The Labute approximate surface area is 156 Å². The van der Waals surface area contributed by atoms with E-state index in [0.717, 1.165) is 12.8 Å². The van der Waals surface area contributed by atoms with Crippen molar-refractivity contribution in [2.24, 2.45) is 11.3 Å². The highest BCUT2D eigenvalue weighted by atomic mass is 16.5. The Morgan fingerprint density at radius 3 is 2.23 bits per heavy atom. The van der Waals surface area contributed by atoms with E-state index in [1.165, 1.54) is 32.1 Å². The van der Waals surface area contributed by atoms with Crippen LogP contribution in [-0.2, 0) is 4.74 Å². The summed E-state index contributed by atoms with van der Waals surface area (Å²) in [5.41, 5.74) is 0.130. The van der Waals surface area contributed by atoms with Crippen LogP contribution in [0.2, 0.25) is 0 Å². The highest BCUT2D eigenvalue weighted by molar-refractivity contribution is 4.99. The molecule has 3 unspecified atom stereocenters. The molecular formula is C20H37NO5. The number of nitrogens with one attached hydrogen (secondary N) is 1. The van der Waals surface area contributed by atoms with Gasteiger partial charge in [0.2, 0.25) is 0 Å². The second kappa shape index (κ2) is 8.41. The van der Waals surface area contributed by atoms with Crippen LogP contribution in [0.4, 0.5) is 0 Å². The highest BCUT2D eigenvalue weighted by Crippen LogP contribution is 2.46. The summed E-state index contributed by atoms with van der Waals surface area (Å²) >= 11 is 0. The van der Waals surface area contributed by atoms with Gasteiger partial charge in [0.25, 0.3) is 0 Å². The fourth-order valence-corrected chi connectivity index (χ4v) is 5.35. The molecule has 152 valence electrons. The molecule has 1 aliphatic heterocycles. The predicted molar refractivity (Wildman–Crippen MR) is 98.7 cm³/mol. The molecule has 0 aromatic carbocycles. The first-order valence-electron chi connectivity index (χ1n) is 10.4. The molecule has 5 N–H and O–H groups in total. The van der Waals surface area contributed by atoms with Gasteiger partial charge < -0.3 is 30.5 Å². The van der Waals surface area contributed by atoms with Crippen molar-refractivity contribution in [3.63, 3.8) is 0 Å². The van der Waals surface area contributed by atoms with Gasteiger partial charge in [0, 0.05) is 12.1 Å². The molecule has 6 heteroatoms. The van der Waals surface area contributed by atoms with Crippen molar-refractivity contribution in [2.45, 2.75) is 108 Å². The largest absolute Gasteiger partial charge is 0.394 e. The van der Waals surface area contributed by atoms with E-state index in [0.29, 0.717) is 24.4 Å². The lowest BCUT2D eigenvalue weighted by molar-refractivity contribution is -0.233. The number of rotatable bonds is 5. The molecule has 0 radical (unpaired) electrons. The minimum Gasteiger partial charge on any atom is -0.394 e. The van der Waals surface area contributed by atoms with E-state index >= 15 is 0 Å². The Morgan fingerprint density at radius 2 is 1.58 bits per heavy atom. The zero-order valence-corrected chi connectivity index (χ0v) is 16.2. The summed E-state index contributed by atoms with van der Waals surface area (Å²) in [4.78, 5) is 0. The van der Waals surface area contributed by atoms with Gasteiger partial charge in [-0.25, -0.2) is 0 Å². The SMILES string of the molecule is CC1(C)CC(NC2CCCCC2)CC1CC1O[C@H](CO)[C@H](O)[C@H](O)[C@H]1O. The second-order valence-corrected chi connectivity index (χ2v) is 9.43. The van der Waals surface area contributed by atoms with E-state index in [2.05, 4.69) is 19.2 Å². The van der Waals surface area contributed by atoms with Crippen molar-refractivity contribution in [2.75, 3.05) is 6.61 Å². The molecule has 0 amide bonds. The average molecular weight is 372 g/mol. The maximum absolute atomic E-state index is 10.3. The molecule has 7 atom stereocenters. The van der Waals surface area contributed by atoms with Crippen LogP contribution >= 0.6 is 0 Å². The van der Waals surface area contributed by atoms with Crippen molar-refractivity contribution in [3.8, 4) is 0 Å². The van der Waals surface area contributed by atoms with Crippen LogP contribution in [0.15, 0.2) is 0 Å². The molecule has 0 spiro atoms. The quantitative estimate of drug-likeness (QED) is 0.493. The van der Waals surface area contributed by atoms with E-state index in [-0.39, 0.29) is 12.0 Å². The second-order valence-electron chi connectivity index (χ2n) is 9.43. The van der Waals surface area contributed by atoms with Crippen molar-refractivity contribution in [1.82, 2.24) is 5.32 Å². The van der Waals surface area contributed by atoms with E-state index in [1.807, 2.05) is 0 Å². The van der Waals surface area contributed by atoms with E-state index in [1.54, 1.807) is 0 Å². The van der Waals surface area contributed by atoms with E-state index < -0.39 is 30.5 Å². The summed E-state index contributed by atoms with van der Waals surface area (Å²) in [5.74, 6) is 0.366. The van der Waals surface area contributed by atoms with Gasteiger partial charge in [-0.1, -0.05) is 33.1 Å². The minimum atomic E-state index is -1.27. The van der Waals surface area contributed by atoms with Crippen LogP contribution in [0.25, 0.3) is 0 Å². The van der Waals surface area contributed by atoms with Crippen molar-refractivity contribution >= 4 is 0 Å². The molecule has 0 aromatic rings. The number of ether oxygens (including phenoxy) is 1. The minimum absolute atomic E-state index is 0.130. The molecule has 3 rings (SSSR count). The third kappa shape index (κ3) is 4.42. The molecule has 2 aliphatic carbocycles. The number of aliphatic hydroxyl groups excluding tert-OH is 4. The average Bonchev–Trinajstić information content (AvgIpc) is 2.89. The van der Waals surface area contributed by atoms with Crippen molar-refractivity contribution < 1.29 is 25.2 Å². The molecule has 26 heavy (non-hydrogen) atoms. The maximum Gasteiger partial charge on any atom is 0.111 e. The third-order valence-corrected chi connectivity index (χ3v) is 7.03. The van der Waals surface area contributed by atoms with Gasteiger partial charge in [0.1, 0.15) is 24.4 Å². The molecule has 1 saturated heterocycles. The molecule has 0 aromatic heterocycles. The topological polar surface area (TPSA) is 102 Å². The zero-order chi connectivity index (χ0) is 18.9. The Morgan fingerprint density at radius 1 is 0.923 bits per heavy atom. The molecular weight excluding hydrogens is 334 g/mol. The zero-order valence-electron chi connectivity index (χ0n) is 16.2. The molecule has 1 heterocycles. The van der Waals surface area contributed by atoms with Crippen LogP contribution in [0.3, 0.4) is 0 Å². The summed E-state index contributed by atoms with van der Waals surface area (Å²) in [5, 5.41) is 43.6. The summed E-state index contributed by atoms with van der Waals surface area (Å²) in [6, 6.07) is 1.12. The van der Waals surface area contributed by atoms with Gasteiger partial charge in [0.15, 0.2) is 0 Å². The standard InChI is InChI=1S/C20H37NO5/c1-20(2)10-14(21-13-6-4-3-5-7-13)8-12(20)9-15-17(23)19(25)18(24)16(11-22)26-15/h12-19,21-25H,3-11H2,1-2H3/t12?,14?,15?,16-,17+,18+,19-/m1/s1. The fourth-order valence-electron chi connectivity index (χ4n) is 5.35. The summed E-state index contributed by atoms with van der Waals surface area (Å²) in [6.45, 7) is 4.18. The lowest BCUT2D eigenvalue weighted by Crippen LogP contribution is -2.58. The Kier molecular flexibility index (Phi) is 6.63. The Bertz CT molecular complexity index is 451. The van der Waals surface area contributed by atoms with Gasteiger partial charge >= 0.3 is 0 Å². The van der Waals surface area contributed by atoms with Gasteiger partial charge in [-0.15, -0.1) is 0 Å². The molecule has 3 aliphatic rings. The highest BCUT2D eigenvalue weighted by Gasteiger charge is 2.47. The summed E-state index contributed by atoms with van der Waals surface area (Å²) in [6.07, 6.45) is 4.30. The molecule has 3 fully saturated rings. The monoisotopic (exact) mass is 371 g/mol. The lowest BCUT2D eigenvalue weighted by atomic mass is 9.77. The molecule has 6 nitrogen and oxygen atoms in total. The number of aliphatic hydroxyl groups is 4. The molecule has 2 saturated carbocycles. The van der Waals surface area contributed by atoms with Crippen LogP contribution in [-0.4, -0.2) is 69.6 Å². The summed E-state index contributed by atoms with van der Waals surface area (Å²) < 4.78 is 5.74. The molecule has 0 bridgehead atoms. The third-order valence-electron chi connectivity index (χ3n) is 7.03. The van der Waals surface area contributed by atoms with Crippen LogP contribution in [0.5, 0.6) is 0 Å². The first kappa shape index (κ1) is 20.5. The van der Waals surface area contributed by atoms with Crippen molar-refractivity contribution in [3.05, 3.63) is 0 Å². The maximum atomic E-state index is 10.3. The van der Waals surface area contributed by atoms with Gasteiger partial charge in [-0.2, -0.15) is 0 Å². The normalized spacial score (nSPS) is 44.3. The number of hydrogen-bond acceptors (Lipinski definition) is 6. The first-order valence-corrected chi connectivity index (χ1v) is 10.4. The number of hydrogen-bond donors (Lipinski definition) is 5. The van der Waals surface area contributed by atoms with Crippen LogP contribution < -0.4 is 5.32 Å². The Hall–Kier alpha value is -0.240. The van der Waals surface area contributed by atoms with Gasteiger partial charge in [-0.3, -0.25) is 0 Å². The summed E-state index contributed by atoms with van der Waals surface area (Å²) in [7, 11) is 0. The lowest BCUT2D eigenvalue weighted by Gasteiger charge is -2.42.